The van der Waals surface area contributed by atoms with Gasteiger partial charge in [0.1, 0.15) is 5.75 Å². The molecule has 1 saturated heterocycles. The van der Waals surface area contributed by atoms with Crippen molar-refractivity contribution in [3.63, 3.8) is 0 Å². The van der Waals surface area contributed by atoms with Crippen molar-refractivity contribution in [2.24, 2.45) is 0 Å². The summed E-state index contributed by atoms with van der Waals surface area (Å²) in [5.41, 5.74) is 1.23. The molecule has 2 N–H and O–H groups in total. The van der Waals surface area contributed by atoms with Crippen LogP contribution in [-0.2, 0) is 4.79 Å². The SMILES string of the molecule is COc1ccc(N2CC[NH+]([C@@H](C)C(=O)NC3CCCC3)CC2)cc1. The van der Waals surface area contributed by atoms with Crippen molar-refractivity contribution >= 4 is 11.6 Å². The fraction of sp³-hybridized carbons (Fsp3) is 0.632. The summed E-state index contributed by atoms with van der Waals surface area (Å²) in [5.74, 6) is 1.12. The molecule has 3 rings (SSSR count). The highest BCUT2D eigenvalue weighted by atomic mass is 16.5. The molecule has 0 unspecified atom stereocenters. The lowest BCUT2D eigenvalue weighted by atomic mass is 10.1. The number of carbonyl (C=O) groups is 1. The van der Waals surface area contributed by atoms with Crippen LogP contribution in [0.4, 0.5) is 5.69 Å². The van der Waals surface area contributed by atoms with Gasteiger partial charge >= 0.3 is 0 Å². The van der Waals surface area contributed by atoms with E-state index in [2.05, 4.69) is 29.3 Å². The number of hydrogen-bond donors (Lipinski definition) is 2. The van der Waals surface area contributed by atoms with Gasteiger partial charge < -0.3 is 19.9 Å². The average molecular weight is 332 g/mol. The molecule has 24 heavy (non-hydrogen) atoms. The highest BCUT2D eigenvalue weighted by Gasteiger charge is 2.30. The van der Waals surface area contributed by atoms with E-state index in [0.717, 1.165) is 44.8 Å². The number of anilines is 1. The first-order chi connectivity index (χ1) is 11.7. The molecule has 5 heteroatoms. The van der Waals surface area contributed by atoms with Gasteiger partial charge in [-0.1, -0.05) is 12.8 Å². The van der Waals surface area contributed by atoms with Crippen molar-refractivity contribution in [1.29, 1.82) is 0 Å². The number of amides is 1. The largest absolute Gasteiger partial charge is 0.497 e. The first kappa shape index (κ1) is 17.1. The third-order valence-corrected chi connectivity index (χ3v) is 5.55. The fourth-order valence-corrected chi connectivity index (χ4v) is 3.86. The maximum absolute atomic E-state index is 12.5. The van der Waals surface area contributed by atoms with Gasteiger partial charge in [-0.2, -0.15) is 0 Å². The Balaban J connectivity index is 1.49. The van der Waals surface area contributed by atoms with Gasteiger partial charge in [0.25, 0.3) is 5.91 Å². The molecule has 1 aromatic carbocycles. The van der Waals surface area contributed by atoms with Crippen LogP contribution < -0.4 is 19.9 Å². The molecule has 0 bridgehead atoms. The van der Waals surface area contributed by atoms with E-state index < -0.39 is 0 Å². The number of nitrogens with one attached hydrogen (secondary N) is 2. The lowest BCUT2D eigenvalue weighted by Gasteiger charge is -2.36. The average Bonchev–Trinajstić information content (AvgIpc) is 3.14. The normalized spacial score (nSPS) is 20.8. The van der Waals surface area contributed by atoms with Crippen LogP contribution in [0, 0.1) is 0 Å². The van der Waals surface area contributed by atoms with Crippen molar-refractivity contribution in [2.75, 3.05) is 38.2 Å². The first-order valence-corrected chi connectivity index (χ1v) is 9.21. The van der Waals surface area contributed by atoms with E-state index in [4.69, 9.17) is 4.74 Å². The Kier molecular flexibility index (Phi) is 5.61. The van der Waals surface area contributed by atoms with Gasteiger partial charge in [0, 0.05) is 11.7 Å². The van der Waals surface area contributed by atoms with Gasteiger partial charge in [-0.3, -0.25) is 4.79 Å². The van der Waals surface area contributed by atoms with Gasteiger partial charge in [0.15, 0.2) is 6.04 Å². The number of quaternary nitrogens is 1. The van der Waals surface area contributed by atoms with E-state index in [9.17, 15) is 4.79 Å². The molecule has 1 aromatic rings. The first-order valence-electron chi connectivity index (χ1n) is 9.21. The molecule has 2 fully saturated rings. The number of rotatable bonds is 5. The van der Waals surface area contributed by atoms with Gasteiger partial charge in [-0.05, 0) is 44.0 Å². The number of methoxy groups -OCH3 is 1. The summed E-state index contributed by atoms with van der Waals surface area (Å²) in [4.78, 5) is 16.3. The Labute approximate surface area is 145 Å². The minimum atomic E-state index is 0.0450. The highest BCUT2D eigenvalue weighted by Crippen LogP contribution is 2.19. The number of hydrogen-bond acceptors (Lipinski definition) is 3. The standard InChI is InChI=1S/C19H29N3O2/c1-15(19(23)20-16-5-3-4-6-16)21-11-13-22(14-12-21)17-7-9-18(24-2)10-8-17/h7-10,15-16H,3-6,11-14H2,1-2H3,(H,20,23)/p+1/t15-/m0/s1. The number of carbonyl (C=O) groups excluding carboxylic acids is 1. The minimum Gasteiger partial charge on any atom is -0.497 e. The van der Waals surface area contributed by atoms with E-state index in [-0.39, 0.29) is 11.9 Å². The van der Waals surface area contributed by atoms with Crippen molar-refractivity contribution in [3.05, 3.63) is 24.3 Å². The number of nitrogens with zero attached hydrogens (tertiary/aromatic N) is 1. The smallest absolute Gasteiger partial charge is 0.278 e. The molecule has 132 valence electrons. The Morgan fingerprint density at radius 2 is 1.83 bits per heavy atom. The topological polar surface area (TPSA) is 46.0 Å². The van der Waals surface area contributed by atoms with Crippen molar-refractivity contribution in [2.45, 2.75) is 44.7 Å². The molecule has 1 saturated carbocycles. The number of ether oxygens (including phenoxy) is 1. The second-order valence-corrected chi connectivity index (χ2v) is 7.05. The van der Waals surface area contributed by atoms with Crippen LogP contribution in [0.1, 0.15) is 32.6 Å². The number of benzene rings is 1. The van der Waals surface area contributed by atoms with E-state index in [1.807, 2.05) is 12.1 Å². The van der Waals surface area contributed by atoms with Gasteiger partial charge in [0.2, 0.25) is 0 Å². The van der Waals surface area contributed by atoms with Gasteiger partial charge in [-0.15, -0.1) is 0 Å². The Hall–Kier alpha value is -1.75. The van der Waals surface area contributed by atoms with Crippen molar-refractivity contribution in [1.82, 2.24) is 5.32 Å². The van der Waals surface area contributed by atoms with Crippen LogP contribution in [0.2, 0.25) is 0 Å². The Morgan fingerprint density at radius 3 is 2.42 bits per heavy atom. The molecule has 0 radical (unpaired) electrons. The zero-order chi connectivity index (χ0) is 16.9. The summed E-state index contributed by atoms with van der Waals surface area (Å²) >= 11 is 0. The second kappa shape index (κ2) is 7.88. The molecule has 1 aliphatic heterocycles. The summed E-state index contributed by atoms with van der Waals surface area (Å²) < 4.78 is 5.22. The molecule has 1 aliphatic carbocycles. The molecule has 1 amide bonds. The Bertz CT molecular complexity index is 532. The van der Waals surface area contributed by atoms with E-state index in [1.54, 1.807) is 7.11 Å². The van der Waals surface area contributed by atoms with Crippen LogP contribution >= 0.6 is 0 Å². The van der Waals surface area contributed by atoms with Crippen LogP contribution in [0.15, 0.2) is 24.3 Å². The molecule has 1 heterocycles. The van der Waals surface area contributed by atoms with Crippen LogP contribution in [0.5, 0.6) is 5.75 Å². The molecule has 1 atom stereocenters. The fourth-order valence-electron chi connectivity index (χ4n) is 3.86. The third-order valence-electron chi connectivity index (χ3n) is 5.55. The monoisotopic (exact) mass is 332 g/mol. The van der Waals surface area contributed by atoms with E-state index in [1.165, 1.54) is 23.4 Å². The molecule has 0 aromatic heterocycles. The lowest BCUT2D eigenvalue weighted by Crippen LogP contribution is -3.19. The van der Waals surface area contributed by atoms with Crippen LogP contribution in [0.3, 0.4) is 0 Å². The second-order valence-electron chi connectivity index (χ2n) is 7.05. The molecular weight excluding hydrogens is 302 g/mol. The predicted octanol–water partition coefficient (Wildman–Crippen LogP) is 0.847. The van der Waals surface area contributed by atoms with Crippen molar-refractivity contribution in [3.8, 4) is 5.75 Å². The Morgan fingerprint density at radius 1 is 1.21 bits per heavy atom. The summed E-state index contributed by atoms with van der Waals surface area (Å²) in [6, 6.07) is 8.70. The van der Waals surface area contributed by atoms with Gasteiger partial charge in [0.05, 0.1) is 33.3 Å². The summed E-state index contributed by atoms with van der Waals surface area (Å²) in [6.07, 6.45) is 4.82. The maximum atomic E-state index is 12.5. The zero-order valence-corrected chi connectivity index (χ0v) is 14.9. The third kappa shape index (κ3) is 4.01. The van der Waals surface area contributed by atoms with E-state index in [0.29, 0.717) is 6.04 Å². The van der Waals surface area contributed by atoms with Crippen LogP contribution in [0.25, 0.3) is 0 Å². The molecule has 2 aliphatic rings. The number of piperazine rings is 1. The quantitative estimate of drug-likeness (QED) is 0.840. The minimum absolute atomic E-state index is 0.0450. The predicted molar refractivity (Wildman–Crippen MR) is 95.8 cm³/mol. The maximum Gasteiger partial charge on any atom is 0.278 e. The zero-order valence-electron chi connectivity index (χ0n) is 14.9. The van der Waals surface area contributed by atoms with Crippen molar-refractivity contribution < 1.29 is 14.4 Å². The lowest BCUT2D eigenvalue weighted by molar-refractivity contribution is -0.914. The molecule has 0 spiro atoms. The summed E-state index contributed by atoms with van der Waals surface area (Å²) in [5, 5.41) is 3.24. The van der Waals surface area contributed by atoms with Gasteiger partial charge in [-0.25, -0.2) is 0 Å². The highest BCUT2D eigenvalue weighted by molar-refractivity contribution is 5.80. The van der Waals surface area contributed by atoms with Crippen LogP contribution in [-0.4, -0.2) is 51.3 Å². The summed E-state index contributed by atoms with van der Waals surface area (Å²) in [6.45, 7) is 6.06. The molecule has 5 nitrogen and oxygen atoms in total. The summed E-state index contributed by atoms with van der Waals surface area (Å²) in [7, 11) is 1.69. The molecular formula is C19H30N3O2+. The van der Waals surface area contributed by atoms with E-state index >= 15 is 0 Å².